The van der Waals surface area contributed by atoms with Gasteiger partial charge in [-0.15, -0.1) is 6.58 Å². The number of rotatable bonds is 15. The van der Waals surface area contributed by atoms with Gasteiger partial charge in [-0.2, -0.15) is 0 Å². The molecule has 0 spiro atoms. The average Bonchev–Trinajstić information content (AvgIpc) is 4.03. The third kappa shape index (κ3) is 8.08. The Bertz CT molecular complexity index is 1960. The van der Waals surface area contributed by atoms with Crippen molar-refractivity contribution in [2.24, 2.45) is 17.3 Å². The number of amides is 2. The molecule has 2 unspecified atom stereocenters. The van der Waals surface area contributed by atoms with Crippen molar-refractivity contribution in [2.75, 3.05) is 20.3 Å². The molecule has 1 aromatic heterocycles. The number of nitrogens with zero attached hydrogens (tertiary/aromatic N) is 2. The molecule has 1 aliphatic heterocycles. The first kappa shape index (κ1) is 37.2. The fraction of sp³-hybridized carbons (Fsp3) is 0.474. The first-order valence-electron chi connectivity index (χ1n) is 17.4. The van der Waals surface area contributed by atoms with Crippen LogP contribution in [0.5, 0.6) is 11.5 Å². The van der Waals surface area contributed by atoms with Gasteiger partial charge in [0.15, 0.2) is 0 Å². The third-order valence-electron chi connectivity index (χ3n) is 10.2. The number of hydrogen-bond acceptors (Lipinski definition) is 9. The Balaban J connectivity index is 1.30. The molecule has 278 valence electrons. The highest BCUT2D eigenvalue weighted by atomic mass is 32.2. The molecule has 13 nitrogen and oxygen atoms in total. The van der Waals surface area contributed by atoms with Crippen LogP contribution in [-0.4, -0.2) is 84.4 Å². The average molecular weight is 735 g/mol. The van der Waals surface area contributed by atoms with Gasteiger partial charge in [0.1, 0.15) is 23.6 Å². The molecule has 52 heavy (non-hydrogen) atoms. The van der Waals surface area contributed by atoms with Gasteiger partial charge < -0.3 is 24.8 Å². The number of benzene rings is 2. The van der Waals surface area contributed by atoms with E-state index in [1.54, 1.807) is 40.0 Å². The number of fused-ring (bicyclic) bond motifs is 1. The number of ether oxygens (including phenoxy) is 2. The second-order valence-corrected chi connectivity index (χ2v) is 17.0. The molecular weight excluding hydrogens is 689 g/mol. The van der Waals surface area contributed by atoms with Gasteiger partial charge in [-0.25, -0.2) is 13.4 Å². The number of hydrogen-bond donors (Lipinski definition) is 3. The van der Waals surface area contributed by atoms with Gasteiger partial charge >= 0.3 is 5.97 Å². The van der Waals surface area contributed by atoms with Gasteiger partial charge in [-0.3, -0.25) is 19.2 Å². The first-order valence-corrected chi connectivity index (χ1v) is 19.0. The summed E-state index contributed by atoms with van der Waals surface area (Å²) in [6.45, 7) is 9.15. The van der Waals surface area contributed by atoms with Gasteiger partial charge in [0, 0.05) is 35.4 Å². The standard InChI is InChI=1S/C38H46N4O9S/c1-6-24-20-38(24,22-50-41-52(47,48)27-13-14-27)40-35(45)32-17-26(21-42(32)36(46)29(18-34(43)44)37(2,3)4)51-33-19-30(23-10-8-7-9-11-23)39-31-16-25(49-5)12-15-28(31)33/h6-12,15-16,19,24,26-27,29,32,41H,1,13-14,17-18,20-22H2,2-5H3,(H,40,45)(H,43,44)/t24?,26-,29-,32+,38?/m1/s1. The van der Waals surface area contributed by atoms with E-state index in [1.165, 1.54) is 4.90 Å². The summed E-state index contributed by atoms with van der Waals surface area (Å²) < 4.78 is 36.9. The second-order valence-electron chi connectivity index (χ2n) is 15.1. The maximum Gasteiger partial charge on any atom is 0.304 e. The summed E-state index contributed by atoms with van der Waals surface area (Å²) >= 11 is 0. The van der Waals surface area contributed by atoms with E-state index in [9.17, 15) is 27.9 Å². The van der Waals surface area contributed by atoms with E-state index < -0.39 is 68.5 Å². The Hall–Kier alpha value is -4.53. The van der Waals surface area contributed by atoms with Crippen LogP contribution in [0.3, 0.4) is 0 Å². The summed E-state index contributed by atoms with van der Waals surface area (Å²) in [4.78, 5) is 54.4. The van der Waals surface area contributed by atoms with Crippen molar-refractivity contribution in [1.82, 2.24) is 20.1 Å². The minimum Gasteiger partial charge on any atom is -0.497 e. The number of nitrogens with one attached hydrogen (secondary N) is 2. The molecule has 2 amide bonds. The highest BCUT2D eigenvalue weighted by molar-refractivity contribution is 7.90. The van der Waals surface area contributed by atoms with Crippen LogP contribution in [0.4, 0.5) is 0 Å². The number of carboxylic acids is 1. The number of sulfonamides is 1. The van der Waals surface area contributed by atoms with Crippen LogP contribution in [0.25, 0.3) is 22.2 Å². The van der Waals surface area contributed by atoms with E-state index in [1.807, 2.05) is 48.5 Å². The Morgan fingerprint density at radius 3 is 2.48 bits per heavy atom. The molecule has 2 saturated carbocycles. The summed E-state index contributed by atoms with van der Waals surface area (Å²) in [5.41, 5.74) is 0.502. The molecule has 2 heterocycles. The van der Waals surface area contributed by atoms with Gasteiger partial charge in [0.05, 0.1) is 54.6 Å². The maximum atomic E-state index is 14.3. The predicted molar refractivity (Wildman–Crippen MR) is 194 cm³/mol. The molecule has 0 bridgehead atoms. The number of carbonyl (C=O) groups excluding carboxylic acids is 2. The van der Waals surface area contributed by atoms with Gasteiger partial charge in [0.25, 0.3) is 0 Å². The first-order chi connectivity index (χ1) is 24.6. The fourth-order valence-electron chi connectivity index (χ4n) is 6.85. The van der Waals surface area contributed by atoms with Crippen LogP contribution in [0, 0.1) is 17.3 Å². The van der Waals surface area contributed by atoms with Crippen LogP contribution in [0.2, 0.25) is 0 Å². The number of pyridine rings is 1. The molecule has 3 aromatic rings. The molecule has 0 radical (unpaired) electrons. The summed E-state index contributed by atoms with van der Waals surface area (Å²) in [6, 6.07) is 15.9. The van der Waals surface area contributed by atoms with Crippen molar-refractivity contribution in [3.05, 3.63) is 67.3 Å². The highest BCUT2D eigenvalue weighted by Gasteiger charge is 2.56. The van der Waals surface area contributed by atoms with E-state index in [-0.39, 0.29) is 25.5 Å². The largest absolute Gasteiger partial charge is 0.497 e. The number of carboxylic acid groups (broad SMARTS) is 1. The molecule has 2 aromatic carbocycles. The lowest BCUT2D eigenvalue weighted by Crippen LogP contribution is -2.54. The van der Waals surface area contributed by atoms with Gasteiger partial charge in [-0.1, -0.05) is 62.1 Å². The van der Waals surface area contributed by atoms with E-state index in [4.69, 9.17) is 19.3 Å². The number of aromatic nitrogens is 1. The minimum absolute atomic E-state index is 0.0271. The summed E-state index contributed by atoms with van der Waals surface area (Å²) in [6.07, 6.45) is 2.34. The van der Waals surface area contributed by atoms with Crippen molar-refractivity contribution in [3.8, 4) is 22.8 Å². The second kappa shape index (κ2) is 14.5. The SMILES string of the molecule is C=CC1CC1(CONS(=O)(=O)C1CC1)NC(=O)[C@@H]1C[C@@H](Oc2cc(-c3ccccc3)nc3cc(OC)ccc23)CN1C(=O)[C@@H](CC(=O)O)C(C)(C)C. The molecule has 3 fully saturated rings. The Morgan fingerprint density at radius 1 is 1.13 bits per heavy atom. The zero-order valence-electron chi connectivity index (χ0n) is 29.8. The predicted octanol–water partition coefficient (Wildman–Crippen LogP) is 4.47. The molecule has 3 N–H and O–H groups in total. The van der Waals surface area contributed by atoms with E-state index in [0.717, 1.165) is 5.56 Å². The molecule has 14 heteroatoms. The monoisotopic (exact) mass is 734 g/mol. The number of carbonyl (C=O) groups is 3. The Labute approximate surface area is 303 Å². The number of methoxy groups -OCH3 is 1. The van der Waals surface area contributed by atoms with Crippen LogP contribution in [0.1, 0.15) is 52.9 Å². The Morgan fingerprint density at radius 2 is 1.87 bits per heavy atom. The highest BCUT2D eigenvalue weighted by Crippen LogP contribution is 2.45. The van der Waals surface area contributed by atoms with Crippen LogP contribution in [0.15, 0.2) is 67.3 Å². The normalized spacial score (nSPS) is 23.5. The quantitative estimate of drug-likeness (QED) is 0.149. The maximum absolute atomic E-state index is 14.3. The number of aliphatic carboxylic acids is 1. The lowest BCUT2D eigenvalue weighted by molar-refractivity contribution is -0.150. The van der Waals surface area contributed by atoms with E-state index in [2.05, 4.69) is 16.8 Å². The Kier molecular flexibility index (Phi) is 10.4. The van der Waals surface area contributed by atoms with Crippen molar-refractivity contribution in [1.29, 1.82) is 0 Å². The van der Waals surface area contributed by atoms with Crippen LogP contribution < -0.4 is 19.7 Å². The van der Waals surface area contributed by atoms with Crippen LogP contribution >= 0.6 is 0 Å². The lowest BCUT2D eigenvalue weighted by Gasteiger charge is -2.34. The smallest absolute Gasteiger partial charge is 0.304 e. The van der Waals surface area contributed by atoms with Gasteiger partial charge in [-0.05, 0) is 36.8 Å². The molecule has 5 atom stereocenters. The van der Waals surface area contributed by atoms with E-state index in [0.29, 0.717) is 47.4 Å². The molecule has 3 aliphatic rings. The summed E-state index contributed by atoms with van der Waals surface area (Å²) in [5, 5.41) is 13.0. The fourth-order valence-corrected chi connectivity index (χ4v) is 7.97. The number of likely N-dealkylation sites (tertiary alicyclic amines) is 1. The molecule has 1 saturated heterocycles. The van der Waals surface area contributed by atoms with Crippen molar-refractivity contribution >= 4 is 38.7 Å². The summed E-state index contributed by atoms with van der Waals surface area (Å²) in [5.74, 6) is -2.05. The molecule has 2 aliphatic carbocycles. The van der Waals surface area contributed by atoms with Gasteiger partial charge in [0.2, 0.25) is 21.8 Å². The summed E-state index contributed by atoms with van der Waals surface area (Å²) in [7, 11) is -2.05. The van der Waals surface area contributed by atoms with Crippen molar-refractivity contribution in [3.63, 3.8) is 0 Å². The van der Waals surface area contributed by atoms with Crippen LogP contribution in [-0.2, 0) is 29.2 Å². The minimum atomic E-state index is -3.62. The molecular formula is C38H46N4O9S. The van der Waals surface area contributed by atoms with Crippen molar-refractivity contribution in [2.45, 2.75) is 75.8 Å². The third-order valence-corrected chi connectivity index (χ3v) is 11.9. The molecule has 6 rings (SSSR count). The zero-order chi connectivity index (χ0) is 37.4. The zero-order valence-corrected chi connectivity index (χ0v) is 30.6. The van der Waals surface area contributed by atoms with E-state index >= 15 is 0 Å². The topological polar surface area (TPSA) is 173 Å². The van der Waals surface area contributed by atoms with Crippen molar-refractivity contribution < 1.29 is 42.2 Å². The lowest BCUT2D eigenvalue weighted by atomic mass is 9.77.